The molecule has 0 aliphatic carbocycles. The zero-order chi connectivity index (χ0) is 21.7. The first-order chi connectivity index (χ1) is 14.3. The van der Waals surface area contributed by atoms with Crippen LogP contribution in [0.25, 0.3) is 10.8 Å². The van der Waals surface area contributed by atoms with Crippen LogP contribution in [0.2, 0.25) is 5.02 Å². The molecule has 0 saturated carbocycles. The lowest BCUT2D eigenvalue weighted by atomic mass is 10.2. The van der Waals surface area contributed by atoms with Crippen LogP contribution in [-0.4, -0.2) is 28.4 Å². The van der Waals surface area contributed by atoms with Crippen LogP contribution in [0.4, 0.5) is 24.7 Å². The summed E-state index contributed by atoms with van der Waals surface area (Å²) in [7, 11) is 0. The Morgan fingerprint density at radius 1 is 1.13 bits per heavy atom. The third kappa shape index (κ3) is 5.39. The lowest BCUT2D eigenvalue weighted by Crippen LogP contribution is -2.30. The van der Waals surface area contributed by atoms with Gasteiger partial charge in [-0.15, -0.1) is 0 Å². The van der Waals surface area contributed by atoms with Gasteiger partial charge in [-0.05, 0) is 42.9 Å². The molecule has 0 spiro atoms. The van der Waals surface area contributed by atoms with Crippen LogP contribution in [0.5, 0.6) is 0 Å². The number of anilines is 2. The summed E-state index contributed by atoms with van der Waals surface area (Å²) in [6.07, 6.45) is -3.84. The lowest BCUT2D eigenvalue weighted by Gasteiger charge is -2.14. The molecular formula is C19H17ClF3N5OS. The van der Waals surface area contributed by atoms with Gasteiger partial charge in [-0.1, -0.05) is 29.8 Å². The molecule has 0 amide bonds. The third-order valence-electron chi connectivity index (χ3n) is 4.17. The molecule has 1 aromatic heterocycles. The number of H-pyrrole nitrogens is 1. The van der Waals surface area contributed by atoms with E-state index in [4.69, 9.17) is 23.8 Å². The lowest BCUT2D eigenvalue weighted by molar-refractivity contribution is -0.137. The number of rotatable bonds is 6. The zero-order valence-electron chi connectivity index (χ0n) is 15.4. The molecule has 0 aliphatic heterocycles. The normalized spacial score (nSPS) is 11.3. The Bertz CT molecular complexity index is 1120. The summed E-state index contributed by atoms with van der Waals surface area (Å²) in [6, 6.07) is 10.1. The van der Waals surface area contributed by atoms with Crippen molar-refractivity contribution < 1.29 is 13.2 Å². The van der Waals surface area contributed by atoms with Crippen molar-refractivity contribution in [2.24, 2.45) is 0 Å². The summed E-state index contributed by atoms with van der Waals surface area (Å²) in [6.45, 7) is 0.986. The SMILES string of the molecule is O=c1[nH]nc(NCCCNC(=S)Nc2cc(C(F)(F)F)ccc2Cl)c2ccccc12. The molecule has 4 N–H and O–H groups in total. The number of hydrogen-bond acceptors (Lipinski definition) is 4. The van der Waals surface area contributed by atoms with Gasteiger partial charge in [-0.3, -0.25) is 4.79 Å². The summed E-state index contributed by atoms with van der Waals surface area (Å²) < 4.78 is 38.5. The second-order valence-electron chi connectivity index (χ2n) is 6.30. The van der Waals surface area contributed by atoms with Crippen molar-refractivity contribution >= 4 is 51.2 Å². The molecule has 0 aliphatic rings. The van der Waals surface area contributed by atoms with Gasteiger partial charge in [0.2, 0.25) is 0 Å². The van der Waals surface area contributed by atoms with Gasteiger partial charge < -0.3 is 16.0 Å². The van der Waals surface area contributed by atoms with E-state index in [1.807, 2.05) is 6.07 Å². The van der Waals surface area contributed by atoms with Crippen molar-refractivity contribution in [1.29, 1.82) is 0 Å². The van der Waals surface area contributed by atoms with Gasteiger partial charge in [0.15, 0.2) is 10.9 Å². The molecule has 158 valence electrons. The quantitative estimate of drug-likeness (QED) is 0.326. The molecule has 30 heavy (non-hydrogen) atoms. The highest BCUT2D eigenvalue weighted by atomic mass is 35.5. The number of alkyl halides is 3. The van der Waals surface area contributed by atoms with Gasteiger partial charge in [-0.2, -0.15) is 18.3 Å². The van der Waals surface area contributed by atoms with Crippen molar-refractivity contribution in [3.8, 4) is 0 Å². The number of nitrogens with zero attached hydrogens (tertiary/aromatic N) is 1. The fraction of sp³-hybridized carbons (Fsp3) is 0.211. The summed E-state index contributed by atoms with van der Waals surface area (Å²) in [5.41, 5.74) is -1.00. The van der Waals surface area contributed by atoms with Gasteiger partial charge >= 0.3 is 6.18 Å². The van der Waals surface area contributed by atoms with Crippen molar-refractivity contribution in [1.82, 2.24) is 15.5 Å². The molecule has 1 heterocycles. The second-order valence-corrected chi connectivity index (χ2v) is 7.12. The predicted octanol–water partition coefficient (Wildman–Crippen LogP) is 4.38. The topological polar surface area (TPSA) is 81.8 Å². The number of benzene rings is 2. The monoisotopic (exact) mass is 455 g/mol. The highest BCUT2D eigenvalue weighted by Gasteiger charge is 2.31. The van der Waals surface area contributed by atoms with Crippen molar-refractivity contribution in [2.45, 2.75) is 12.6 Å². The van der Waals surface area contributed by atoms with Crippen LogP contribution in [0, 0.1) is 0 Å². The molecule has 0 fully saturated rings. The average molecular weight is 456 g/mol. The molecule has 6 nitrogen and oxygen atoms in total. The average Bonchev–Trinajstić information content (AvgIpc) is 2.70. The van der Waals surface area contributed by atoms with Crippen LogP contribution >= 0.6 is 23.8 Å². The first-order valence-corrected chi connectivity index (χ1v) is 9.67. The number of aromatic nitrogens is 2. The van der Waals surface area contributed by atoms with Crippen LogP contribution in [0.15, 0.2) is 47.3 Å². The Morgan fingerprint density at radius 2 is 1.87 bits per heavy atom. The molecular weight excluding hydrogens is 439 g/mol. The van der Waals surface area contributed by atoms with Gasteiger partial charge in [0.25, 0.3) is 5.56 Å². The van der Waals surface area contributed by atoms with E-state index in [0.717, 1.165) is 12.1 Å². The van der Waals surface area contributed by atoms with E-state index in [2.05, 4.69) is 26.1 Å². The van der Waals surface area contributed by atoms with E-state index >= 15 is 0 Å². The Labute approximate surface area is 179 Å². The van der Waals surface area contributed by atoms with E-state index in [0.29, 0.717) is 36.1 Å². The van der Waals surface area contributed by atoms with Crippen molar-refractivity contribution in [3.63, 3.8) is 0 Å². The molecule has 2 aromatic carbocycles. The molecule has 11 heteroatoms. The van der Waals surface area contributed by atoms with Crippen LogP contribution < -0.4 is 21.5 Å². The van der Waals surface area contributed by atoms with E-state index in [-0.39, 0.29) is 21.4 Å². The van der Waals surface area contributed by atoms with Crippen LogP contribution in [0.3, 0.4) is 0 Å². The second kappa shape index (κ2) is 9.31. The fourth-order valence-electron chi connectivity index (χ4n) is 2.71. The highest BCUT2D eigenvalue weighted by molar-refractivity contribution is 7.80. The van der Waals surface area contributed by atoms with E-state index in [1.54, 1.807) is 18.2 Å². The van der Waals surface area contributed by atoms with Gasteiger partial charge in [0.05, 0.1) is 21.7 Å². The molecule has 0 saturated heterocycles. The molecule has 0 bridgehead atoms. The first kappa shape index (κ1) is 21.8. The van der Waals surface area contributed by atoms with Gasteiger partial charge in [0, 0.05) is 18.5 Å². The van der Waals surface area contributed by atoms with Gasteiger partial charge in [-0.25, -0.2) is 5.10 Å². The minimum absolute atomic E-state index is 0.0750. The number of thiocarbonyl (C=S) groups is 1. The maximum Gasteiger partial charge on any atom is 0.416 e. The fourth-order valence-corrected chi connectivity index (χ4v) is 3.09. The van der Waals surface area contributed by atoms with Crippen molar-refractivity contribution in [2.75, 3.05) is 23.7 Å². The predicted molar refractivity (Wildman–Crippen MR) is 116 cm³/mol. The highest BCUT2D eigenvalue weighted by Crippen LogP contribution is 2.33. The number of nitrogens with one attached hydrogen (secondary N) is 4. The van der Waals surface area contributed by atoms with E-state index < -0.39 is 11.7 Å². The molecule has 3 rings (SSSR count). The number of hydrogen-bond donors (Lipinski definition) is 4. The maximum absolute atomic E-state index is 12.8. The maximum atomic E-state index is 12.8. The molecule has 0 atom stereocenters. The Kier molecular flexibility index (Phi) is 6.78. The van der Waals surface area contributed by atoms with E-state index in [1.165, 1.54) is 6.07 Å². The zero-order valence-corrected chi connectivity index (χ0v) is 17.0. The molecule has 0 unspecified atom stereocenters. The summed E-state index contributed by atoms with van der Waals surface area (Å²) in [4.78, 5) is 11.8. The summed E-state index contributed by atoms with van der Waals surface area (Å²) in [5.74, 6) is 0.557. The largest absolute Gasteiger partial charge is 0.416 e. The van der Waals surface area contributed by atoms with E-state index in [9.17, 15) is 18.0 Å². The van der Waals surface area contributed by atoms with Crippen molar-refractivity contribution in [3.05, 3.63) is 63.4 Å². The molecule has 3 aromatic rings. The minimum Gasteiger partial charge on any atom is -0.368 e. The standard InChI is InChI=1S/C19H17ClF3N5OS/c20-14-7-6-11(19(21,22)23)10-15(14)26-18(30)25-9-3-8-24-16-12-4-1-2-5-13(12)17(29)28-27-16/h1-2,4-7,10H,3,8-9H2,(H,24,27)(H,28,29)(H2,25,26,30). The number of halogens is 4. The summed E-state index contributed by atoms with van der Waals surface area (Å²) in [5, 5.41) is 16.7. The van der Waals surface area contributed by atoms with Crippen LogP contribution in [0.1, 0.15) is 12.0 Å². The number of aromatic amines is 1. The van der Waals surface area contributed by atoms with Gasteiger partial charge in [0.1, 0.15) is 0 Å². The molecule has 0 radical (unpaired) electrons. The first-order valence-electron chi connectivity index (χ1n) is 8.88. The van der Waals surface area contributed by atoms with Crippen LogP contribution in [-0.2, 0) is 6.18 Å². The summed E-state index contributed by atoms with van der Waals surface area (Å²) >= 11 is 11.1. The Hall–Kier alpha value is -2.85. The third-order valence-corrected chi connectivity index (χ3v) is 4.75. The Morgan fingerprint density at radius 3 is 2.60 bits per heavy atom. The number of fused-ring (bicyclic) bond motifs is 1. The minimum atomic E-state index is -4.47. The Balaban J connectivity index is 1.49. The smallest absolute Gasteiger partial charge is 0.368 e.